The van der Waals surface area contributed by atoms with Crippen LogP contribution in [-0.2, 0) is 35.2 Å². The predicted octanol–water partition coefficient (Wildman–Crippen LogP) is 2.30. The van der Waals surface area contributed by atoms with Gasteiger partial charge in [0.05, 0.1) is 25.1 Å². The summed E-state index contributed by atoms with van der Waals surface area (Å²) < 4.78 is 12.8. The molecule has 1 aromatic rings. The van der Waals surface area contributed by atoms with E-state index in [4.69, 9.17) is 9.47 Å². The molecule has 2 fully saturated rings. The topological polar surface area (TPSA) is 125 Å². The second-order valence-electron chi connectivity index (χ2n) is 11.8. The molecule has 0 radical (unpaired) electrons. The van der Waals surface area contributed by atoms with E-state index in [1.54, 1.807) is 17.9 Å². The van der Waals surface area contributed by atoms with E-state index in [1.807, 2.05) is 56.3 Å². The standard InChI is InChI=1S/C31H38BrN3O7/c1-18(2)22(17-36)35-27-29(39)34(16-20-10-6-4-7-11-20)13-9-5-8-12-23(37)33-15-19(3)41-30(40)24-25(28(35)38)31(27)14-21(32)26(24)42-31/h4-7,9-11,14,18-19,22,24-27,36H,8,12-13,15-17H2,1-3H3,(H,33,37)/b9-5-/t19-,22+,24+,25-,26+,27+,31-/m1/s1. The number of aliphatic hydroxyl groups excluding tert-OH is 1. The highest BCUT2D eigenvalue weighted by atomic mass is 79.9. The Kier molecular flexibility index (Phi) is 8.91. The first-order chi connectivity index (χ1) is 20.1. The third-order valence-electron chi connectivity index (χ3n) is 8.65. The first kappa shape index (κ1) is 30.4. The fourth-order valence-electron chi connectivity index (χ4n) is 6.59. The van der Waals surface area contributed by atoms with Crippen molar-refractivity contribution in [3.8, 4) is 0 Å². The molecule has 4 aliphatic heterocycles. The molecule has 1 aromatic carbocycles. The summed E-state index contributed by atoms with van der Waals surface area (Å²) in [5.74, 6) is -3.75. The lowest BCUT2D eigenvalue weighted by Crippen LogP contribution is -2.59. The molecule has 7 atom stereocenters. The summed E-state index contributed by atoms with van der Waals surface area (Å²) in [5.41, 5.74) is -0.519. The largest absolute Gasteiger partial charge is 0.460 e. The predicted molar refractivity (Wildman–Crippen MR) is 157 cm³/mol. The summed E-state index contributed by atoms with van der Waals surface area (Å²) in [4.78, 5) is 58.2. The zero-order chi connectivity index (χ0) is 30.2. The Morgan fingerprint density at radius 3 is 2.55 bits per heavy atom. The van der Waals surface area contributed by atoms with E-state index in [0.29, 0.717) is 10.9 Å². The fourth-order valence-corrected chi connectivity index (χ4v) is 7.33. The van der Waals surface area contributed by atoms with Gasteiger partial charge in [0.1, 0.15) is 29.8 Å². The smallest absolute Gasteiger partial charge is 0.313 e. The van der Waals surface area contributed by atoms with Crippen molar-refractivity contribution in [2.45, 2.75) is 70.1 Å². The van der Waals surface area contributed by atoms with Crippen LogP contribution in [0.25, 0.3) is 0 Å². The average molecular weight is 645 g/mol. The molecular weight excluding hydrogens is 606 g/mol. The molecule has 3 amide bonds. The number of likely N-dealkylation sites (tertiary alicyclic amines) is 1. The summed E-state index contributed by atoms with van der Waals surface area (Å²) in [6.07, 6.45) is 4.76. The molecule has 1 spiro atoms. The number of carbonyl (C=O) groups excluding carboxylic acids is 4. The van der Waals surface area contributed by atoms with E-state index in [0.717, 1.165) is 5.56 Å². The second kappa shape index (κ2) is 12.3. The molecule has 4 heterocycles. The van der Waals surface area contributed by atoms with Crippen molar-refractivity contribution in [3.63, 3.8) is 0 Å². The number of nitrogens with zero attached hydrogens (tertiary/aromatic N) is 2. The number of amides is 3. The lowest BCUT2D eigenvalue weighted by Gasteiger charge is -2.40. The molecular formula is C31H38BrN3O7. The monoisotopic (exact) mass is 643 g/mol. The van der Waals surface area contributed by atoms with Crippen molar-refractivity contribution in [3.05, 3.63) is 58.6 Å². The summed E-state index contributed by atoms with van der Waals surface area (Å²) in [6.45, 7) is 5.73. The number of hydrogen-bond donors (Lipinski definition) is 2. The van der Waals surface area contributed by atoms with Gasteiger partial charge in [-0.05, 0) is 30.9 Å². The van der Waals surface area contributed by atoms with Gasteiger partial charge in [-0.2, -0.15) is 0 Å². The van der Waals surface area contributed by atoms with Crippen LogP contribution in [0.5, 0.6) is 0 Å². The number of ether oxygens (including phenoxy) is 2. The van der Waals surface area contributed by atoms with Gasteiger partial charge in [-0.1, -0.05) is 72.3 Å². The second-order valence-corrected chi connectivity index (χ2v) is 12.7. The first-order valence-electron chi connectivity index (χ1n) is 14.5. The number of fused-ring (bicyclic) bond motifs is 2. The number of aliphatic hydroxyl groups is 1. The molecule has 2 saturated heterocycles. The van der Waals surface area contributed by atoms with Crippen molar-refractivity contribution in [1.29, 1.82) is 0 Å². The summed E-state index contributed by atoms with van der Waals surface area (Å²) >= 11 is 3.55. The van der Waals surface area contributed by atoms with Gasteiger partial charge in [-0.3, -0.25) is 19.2 Å². The molecule has 4 aliphatic rings. The van der Waals surface area contributed by atoms with Crippen molar-refractivity contribution in [1.82, 2.24) is 15.1 Å². The van der Waals surface area contributed by atoms with Crippen LogP contribution in [0.4, 0.5) is 0 Å². The van der Waals surface area contributed by atoms with Gasteiger partial charge in [0.15, 0.2) is 0 Å². The van der Waals surface area contributed by atoms with Crippen molar-refractivity contribution in [2.75, 3.05) is 19.7 Å². The van der Waals surface area contributed by atoms with E-state index >= 15 is 0 Å². The minimum absolute atomic E-state index is 0.130. The number of esters is 1. The first-order valence-corrected chi connectivity index (χ1v) is 15.3. The van der Waals surface area contributed by atoms with Crippen molar-refractivity contribution in [2.24, 2.45) is 17.8 Å². The van der Waals surface area contributed by atoms with Gasteiger partial charge < -0.3 is 29.7 Å². The number of benzene rings is 1. The van der Waals surface area contributed by atoms with Crippen LogP contribution in [0.3, 0.4) is 0 Å². The van der Waals surface area contributed by atoms with Gasteiger partial charge in [0.2, 0.25) is 17.7 Å². The molecule has 5 rings (SSSR count). The Morgan fingerprint density at radius 2 is 1.86 bits per heavy atom. The molecule has 11 heteroatoms. The van der Waals surface area contributed by atoms with E-state index in [-0.39, 0.29) is 50.4 Å². The van der Waals surface area contributed by atoms with Crippen molar-refractivity contribution < 1.29 is 33.8 Å². The van der Waals surface area contributed by atoms with Crippen molar-refractivity contribution >= 4 is 39.6 Å². The lowest BCUT2D eigenvalue weighted by atomic mass is 9.74. The third-order valence-corrected chi connectivity index (χ3v) is 9.33. The van der Waals surface area contributed by atoms with E-state index in [9.17, 15) is 24.3 Å². The highest BCUT2D eigenvalue weighted by Gasteiger charge is 2.75. The minimum atomic E-state index is -1.42. The Bertz CT molecular complexity index is 1280. The molecule has 42 heavy (non-hydrogen) atoms. The number of carbonyl (C=O) groups is 4. The molecule has 10 nitrogen and oxygen atoms in total. The molecule has 0 unspecified atom stereocenters. The Hall–Kier alpha value is -3.02. The van der Waals surface area contributed by atoms with Crippen LogP contribution in [-0.4, -0.2) is 88.2 Å². The number of cyclic esters (lactones) is 1. The lowest BCUT2D eigenvalue weighted by molar-refractivity contribution is -0.159. The van der Waals surface area contributed by atoms with E-state index in [1.165, 1.54) is 4.90 Å². The van der Waals surface area contributed by atoms with Crippen LogP contribution in [0.1, 0.15) is 39.2 Å². The van der Waals surface area contributed by atoms with Gasteiger partial charge in [0.25, 0.3) is 0 Å². The summed E-state index contributed by atoms with van der Waals surface area (Å²) in [6, 6.07) is 7.75. The van der Waals surface area contributed by atoms with Gasteiger partial charge >= 0.3 is 5.97 Å². The van der Waals surface area contributed by atoms with Crippen LogP contribution >= 0.6 is 15.9 Å². The average Bonchev–Trinajstić information content (AvgIpc) is 3.54. The Morgan fingerprint density at radius 1 is 1.12 bits per heavy atom. The minimum Gasteiger partial charge on any atom is -0.460 e. The number of allylic oxidation sites excluding steroid dienone is 1. The highest BCUT2D eigenvalue weighted by molar-refractivity contribution is 9.11. The normalized spacial score (nSPS) is 33.4. The molecule has 226 valence electrons. The maximum absolute atomic E-state index is 14.7. The Labute approximate surface area is 254 Å². The summed E-state index contributed by atoms with van der Waals surface area (Å²) in [7, 11) is 0. The zero-order valence-corrected chi connectivity index (χ0v) is 25.7. The molecule has 0 aliphatic carbocycles. The maximum atomic E-state index is 14.7. The van der Waals surface area contributed by atoms with Gasteiger partial charge in [-0.15, -0.1) is 0 Å². The molecule has 0 saturated carbocycles. The van der Waals surface area contributed by atoms with Crippen LogP contribution in [0, 0.1) is 17.8 Å². The number of nitrogens with one attached hydrogen (secondary N) is 1. The fraction of sp³-hybridized carbons (Fsp3) is 0.548. The maximum Gasteiger partial charge on any atom is 0.313 e. The molecule has 0 aromatic heterocycles. The number of rotatable bonds is 5. The summed E-state index contributed by atoms with van der Waals surface area (Å²) in [5, 5.41) is 13.3. The van der Waals surface area contributed by atoms with E-state index < -0.39 is 53.6 Å². The molecule has 2 N–H and O–H groups in total. The Balaban J connectivity index is 1.62. The molecule has 5 bridgehead atoms. The third kappa shape index (κ3) is 5.42. The zero-order valence-electron chi connectivity index (χ0n) is 24.1. The quantitative estimate of drug-likeness (QED) is 0.373. The van der Waals surface area contributed by atoms with E-state index in [2.05, 4.69) is 21.2 Å². The van der Waals surface area contributed by atoms with Gasteiger partial charge in [0, 0.05) is 24.0 Å². The number of halogens is 1. The van der Waals surface area contributed by atoms with Gasteiger partial charge in [-0.25, -0.2) is 0 Å². The highest BCUT2D eigenvalue weighted by Crippen LogP contribution is 2.59. The SMILES string of the molecule is CC(C)[C@H](CO)N1C(=O)[C@H]2[C@@H]3C(=O)O[C@H](C)CNC(=O)CC/C=C\CN(Cc4ccccc4)C(=O)[C@H]1[C@@]21C=C(Br)[C@@H]3O1. The van der Waals surface area contributed by atoms with Crippen LogP contribution in [0.15, 0.2) is 53.0 Å². The number of hydrogen-bond acceptors (Lipinski definition) is 7. The van der Waals surface area contributed by atoms with Crippen LogP contribution in [0.2, 0.25) is 0 Å². The van der Waals surface area contributed by atoms with Crippen LogP contribution < -0.4 is 5.32 Å².